The van der Waals surface area contributed by atoms with Gasteiger partial charge in [0.15, 0.2) is 0 Å². The summed E-state index contributed by atoms with van der Waals surface area (Å²) in [4.78, 5) is 29.2. The Hall–Kier alpha value is -6.80. The molecule has 0 N–H and O–H groups in total. The average molecular weight is 825 g/mol. The van der Waals surface area contributed by atoms with Crippen LogP contribution < -0.4 is 25.6 Å². The third-order valence-electron chi connectivity index (χ3n) is 12.8. The Morgan fingerprint density at radius 1 is 0.581 bits per heavy atom. The van der Waals surface area contributed by atoms with Crippen molar-refractivity contribution in [1.29, 1.82) is 0 Å². The summed E-state index contributed by atoms with van der Waals surface area (Å²) in [6.07, 6.45) is 4.51. The number of nitrogens with zero attached hydrogens (tertiary/aromatic N) is 2. The molecule has 0 radical (unpaired) electrons. The SMILES string of the molecule is CCCCN(CCCC)c1ccc2cc(-c3ccc(-c4ccc5c(c4)-c4cc(-c6ccc(-c7cc8c(OC)cc(OC)cc8oc7=O)cc6)ccc4C5(C)C)n3C)c(=O)oc2c1. The molecule has 1 aliphatic rings. The lowest BCUT2D eigenvalue weighted by atomic mass is 9.82. The third-order valence-corrected chi connectivity index (χ3v) is 12.8. The van der Waals surface area contributed by atoms with E-state index in [2.05, 4.69) is 91.8 Å². The number of hydrogen-bond acceptors (Lipinski definition) is 7. The number of methoxy groups -OCH3 is 2. The largest absolute Gasteiger partial charge is 0.496 e. The van der Waals surface area contributed by atoms with Crippen molar-refractivity contribution in [1.82, 2.24) is 4.57 Å². The van der Waals surface area contributed by atoms with Crippen LogP contribution in [-0.4, -0.2) is 31.9 Å². The zero-order valence-electron chi connectivity index (χ0n) is 36.6. The van der Waals surface area contributed by atoms with Gasteiger partial charge in [0.1, 0.15) is 22.7 Å². The van der Waals surface area contributed by atoms with Crippen LogP contribution in [0.15, 0.2) is 134 Å². The van der Waals surface area contributed by atoms with Crippen molar-refractivity contribution in [2.24, 2.45) is 7.05 Å². The monoisotopic (exact) mass is 824 g/mol. The first-order chi connectivity index (χ1) is 30.0. The maximum atomic E-state index is 13.6. The van der Waals surface area contributed by atoms with Gasteiger partial charge in [-0.15, -0.1) is 0 Å². The first-order valence-corrected chi connectivity index (χ1v) is 21.6. The molecule has 3 heterocycles. The molecule has 314 valence electrons. The van der Waals surface area contributed by atoms with E-state index < -0.39 is 5.63 Å². The minimum atomic E-state index is -0.431. The van der Waals surface area contributed by atoms with Crippen molar-refractivity contribution in [2.75, 3.05) is 32.2 Å². The van der Waals surface area contributed by atoms with Crippen molar-refractivity contribution < 1.29 is 18.3 Å². The predicted molar refractivity (Wildman–Crippen MR) is 252 cm³/mol. The van der Waals surface area contributed by atoms with Gasteiger partial charge in [-0.05, 0) is 106 Å². The van der Waals surface area contributed by atoms with Crippen molar-refractivity contribution in [3.05, 3.63) is 147 Å². The van der Waals surface area contributed by atoms with Crippen molar-refractivity contribution >= 4 is 27.6 Å². The highest BCUT2D eigenvalue weighted by Crippen LogP contribution is 2.51. The molecule has 0 fully saturated rings. The Bertz CT molecular complexity index is 3110. The summed E-state index contributed by atoms with van der Waals surface area (Å²) < 4.78 is 24.8. The van der Waals surface area contributed by atoms with Gasteiger partial charge in [0, 0.05) is 60.5 Å². The van der Waals surface area contributed by atoms with Gasteiger partial charge < -0.3 is 27.8 Å². The number of unbranched alkanes of at least 4 members (excludes halogenated alkanes) is 2. The molecule has 8 heteroatoms. The summed E-state index contributed by atoms with van der Waals surface area (Å²) in [5, 5.41) is 1.60. The number of anilines is 1. The lowest BCUT2D eigenvalue weighted by molar-refractivity contribution is 0.396. The highest BCUT2D eigenvalue weighted by atomic mass is 16.5. The maximum Gasteiger partial charge on any atom is 0.345 e. The molecule has 3 aromatic heterocycles. The Morgan fingerprint density at radius 3 is 1.87 bits per heavy atom. The molecular formula is C54H52N2O6. The number of aromatic nitrogens is 1. The highest BCUT2D eigenvalue weighted by Gasteiger charge is 2.36. The van der Waals surface area contributed by atoms with Gasteiger partial charge in [-0.25, -0.2) is 9.59 Å². The van der Waals surface area contributed by atoms with Crippen molar-refractivity contribution in [3.8, 4) is 67.4 Å². The minimum Gasteiger partial charge on any atom is -0.496 e. The van der Waals surface area contributed by atoms with Crippen LogP contribution in [-0.2, 0) is 12.5 Å². The molecule has 0 saturated carbocycles. The molecule has 9 rings (SSSR count). The summed E-state index contributed by atoms with van der Waals surface area (Å²) in [5.74, 6) is 1.12. The molecule has 8 nitrogen and oxygen atoms in total. The third kappa shape index (κ3) is 7.07. The number of fused-ring (bicyclic) bond motifs is 5. The topological polar surface area (TPSA) is 87.0 Å². The zero-order valence-corrected chi connectivity index (χ0v) is 36.6. The van der Waals surface area contributed by atoms with Crippen molar-refractivity contribution in [3.63, 3.8) is 0 Å². The molecule has 0 amide bonds. The average Bonchev–Trinajstić information content (AvgIpc) is 3.77. The molecule has 1 aliphatic carbocycles. The molecule has 8 aromatic rings. The molecule has 0 saturated heterocycles. The number of hydrogen-bond donors (Lipinski definition) is 0. The van der Waals surface area contributed by atoms with Gasteiger partial charge in [0.2, 0.25) is 0 Å². The molecule has 0 atom stereocenters. The first-order valence-electron chi connectivity index (χ1n) is 21.6. The van der Waals surface area contributed by atoms with Gasteiger partial charge >= 0.3 is 11.3 Å². The smallest absolute Gasteiger partial charge is 0.345 e. The van der Waals surface area contributed by atoms with E-state index >= 15 is 0 Å². The van der Waals surface area contributed by atoms with Crippen LogP contribution in [0.1, 0.15) is 64.5 Å². The lowest BCUT2D eigenvalue weighted by Gasteiger charge is -2.24. The molecule has 0 aliphatic heterocycles. The highest BCUT2D eigenvalue weighted by molar-refractivity contribution is 5.90. The second kappa shape index (κ2) is 16.2. The Labute approximate surface area is 362 Å². The summed E-state index contributed by atoms with van der Waals surface area (Å²) in [6, 6.07) is 39.0. The van der Waals surface area contributed by atoms with Crippen LogP contribution >= 0.6 is 0 Å². The van der Waals surface area contributed by atoms with Gasteiger partial charge in [-0.2, -0.15) is 0 Å². The fourth-order valence-corrected chi connectivity index (χ4v) is 9.21. The molecule has 0 spiro atoms. The summed E-state index contributed by atoms with van der Waals surface area (Å²) in [5.41, 5.74) is 12.8. The molecule has 0 bridgehead atoms. The summed E-state index contributed by atoms with van der Waals surface area (Å²) in [7, 11) is 5.16. The Balaban J connectivity index is 1.02. The van der Waals surface area contributed by atoms with Crippen LogP contribution in [0.3, 0.4) is 0 Å². The second-order valence-electron chi connectivity index (χ2n) is 16.9. The minimum absolute atomic E-state index is 0.187. The number of rotatable bonds is 13. The van der Waals surface area contributed by atoms with E-state index in [1.54, 1.807) is 26.4 Å². The van der Waals surface area contributed by atoms with Crippen molar-refractivity contribution in [2.45, 2.75) is 58.8 Å². The fraction of sp³-hybridized carbons (Fsp3) is 0.259. The molecule has 62 heavy (non-hydrogen) atoms. The summed E-state index contributed by atoms with van der Waals surface area (Å²) in [6.45, 7) is 11.0. The van der Waals surface area contributed by atoms with Gasteiger partial charge in [0.25, 0.3) is 0 Å². The number of benzene rings is 5. The van der Waals surface area contributed by atoms with E-state index in [-0.39, 0.29) is 11.0 Å². The first kappa shape index (κ1) is 40.6. The standard InChI is InChI=1S/C54H52N2O6/c1-8-10-24-56(25-11-9-2)38-19-16-37-28-43(53(58)61-49(37)29-38)48-23-22-47(55(48)5)36-18-21-46-42(27-36)41-26-35(17-20-45(41)54(46,3)4)33-12-14-34(15-13-33)40-32-44-50(60-7)30-39(59-6)31-51(44)62-52(40)57/h12-23,26-32H,8-11,24-25H2,1-7H3. The van der Waals surface area contributed by atoms with Gasteiger partial charge in [0.05, 0.1) is 36.4 Å². The predicted octanol–water partition coefficient (Wildman–Crippen LogP) is 12.6. The lowest BCUT2D eigenvalue weighted by Crippen LogP contribution is -2.25. The van der Waals surface area contributed by atoms with Crippen LogP contribution in [0.4, 0.5) is 5.69 Å². The fourth-order valence-electron chi connectivity index (χ4n) is 9.21. The molecular weight excluding hydrogens is 773 g/mol. The van der Waals surface area contributed by atoms with Crippen LogP contribution in [0.25, 0.3) is 77.8 Å². The zero-order chi connectivity index (χ0) is 43.3. The second-order valence-corrected chi connectivity index (χ2v) is 16.9. The van der Waals surface area contributed by atoms with Gasteiger partial charge in [-0.1, -0.05) is 89.1 Å². The van der Waals surface area contributed by atoms with Crippen LogP contribution in [0, 0.1) is 0 Å². The molecule has 5 aromatic carbocycles. The van der Waals surface area contributed by atoms with E-state index in [4.69, 9.17) is 18.3 Å². The maximum absolute atomic E-state index is 13.6. The van der Waals surface area contributed by atoms with E-state index in [1.165, 1.54) is 22.3 Å². The van der Waals surface area contributed by atoms with Gasteiger partial charge in [-0.3, -0.25) is 0 Å². The molecule has 0 unspecified atom stereocenters. The van der Waals surface area contributed by atoms with E-state index in [0.717, 1.165) is 83.5 Å². The Morgan fingerprint density at radius 2 is 1.19 bits per heavy atom. The quantitative estimate of drug-likeness (QED) is 0.107. The Kier molecular flexibility index (Phi) is 10.6. The summed E-state index contributed by atoms with van der Waals surface area (Å²) >= 11 is 0. The normalized spacial score (nSPS) is 12.8. The van der Waals surface area contributed by atoms with E-state index in [1.807, 2.05) is 55.6 Å². The number of ether oxygens (including phenoxy) is 2. The van der Waals surface area contributed by atoms with Crippen LogP contribution in [0.2, 0.25) is 0 Å². The van der Waals surface area contributed by atoms with Crippen LogP contribution in [0.5, 0.6) is 11.5 Å². The van der Waals surface area contributed by atoms with E-state index in [9.17, 15) is 9.59 Å². The van der Waals surface area contributed by atoms with E-state index in [0.29, 0.717) is 39.2 Å².